The second-order valence-electron chi connectivity index (χ2n) is 7.56. The van der Waals surface area contributed by atoms with E-state index in [0.717, 1.165) is 19.4 Å². The van der Waals surface area contributed by atoms with Gasteiger partial charge in [-0.05, 0) is 51.7 Å². The largest absolute Gasteiger partial charge is 0.444 e. The van der Waals surface area contributed by atoms with Crippen LogP contribution in [0.5, 0.6) is 0 Å². The van der Waals surface area contributed by atoms with E-state index in [1.807, 2.05) is 27.7 Å². The molecule has 0 heterocycles. The highest BCUT2D eigenvalue weighted by Crippen LogP contribution is 2.25. The Morgan fingerprint density at radius 3 is 2.36 bits per heavy atom. The fourth-order valence-electron chi connectivity index (χ4n) is 3.00. The third kappa shape index (κ3) is 6.01. The molecule has 1 fully saturated rings. The van der Waals surface area contributed by atoms with E-state index in [9.17, 15) is 4.79 Å². The molecule has 25 heavy (non-hydrogen) atoms. The first-order valence-electron chi connectivity index (χ1n) is 9.24. The van der Waals surface area contributed by atoms with Gasteiger partial charge in [-0.3, -0.25) is 0 Å². The number of benzene rings is 1. The van der Waals surface area contributed by atoms with Gasteiger partial charge in [0.1, 0.15) is 5.60 Å². The maximum absolute atomic E-state index is 12.0. The van der Waals surface area contributed by atoms with E-state index in [4.69, 9.17) is 9.47 Å². The molecule has 2 rings (SSSR count). The van der Waals surface area contributed by atoms with Crippen LogP contribution >= 0.6 is 0 Å². The average molecular weight is 348 g/mol. The van der Waals surface area contributed by atoms with Crippen LogP contribution in [0.1, 0.15) is 52.2 Å². The van der Waals surface area contributed by atoms with E-state index in [1.54, 1.807) is 0 Å². The number of carbonyl (C=O) groups is 1. The van der Waals surface area contributed by atoms with E-state index in [-0.39, 0.29) is 24.3 Å². The summed E-state index contributed by atoms with van der Waals surface area (Å²) in [6, 6.07) is 8.75. The van der Waals surface area contributed by atoms with E-state index in [0.29, 0.717) is 6.61 Å². The number of rotatable bonds is 7. The third-order valence-corrected chi connectivity index (χ3v) is 4.38. The maximum atomic E-state index is 12.0. The number of nitrogens with one attached hydrogen (secondary N) is 2. The monoisotopic (exact) mass is 348 g/mol. The zero-order chi connectivity index (χ0) is 18.4. The Morgan fingerprint density at radius 2 is 1.80 bits per heavy atom. The van der Waals surface area contributed by atoms with Crippen molar-refractivity contribution >= 4 is 6.09 Å². The van der Waals surface area contributed by atoms with Crippen LogP contribution in [0.2, 0.25) is 0 Å². The molecule has 3 unspecified atom stereocenters. The lowest BCUT2D eigenvalue weighted by molar-refractivity contribution is -0.0438. The average Bonchev–Trinajstić information content (AvgIpc) is 2.53. The first kappa shape index (κ1) is 19.7. The van der Waals surface area contributed by atoms with Gasteiger partial charge in [0.15, 0.2) is 0 Å². The van der Waals surface area contributed by atoms with Crippen molar-refractivity contribution in [1.29, 1.82) is 0 Å². The number of aryl methyl sites for hydroxylation is 1. The topological polar surface area (TPSA) is 59.6 Å². The van der Waals surface area contributed by atoms with Crippen LogP contribution < -0.4 is 10.6 Å². The number of amides is 1. The molecule has 1 aromatic carbocycles. The van der Waals surface area contributed by atoms with Crippen molar-refractivity contribution in [3.05, 3.63) is 35.4 Å². The number of hydrogen-bond donors (Lipinski definition) is 2. The fourth-order valence-corrected chi connectivity index (χ4v) is 3.00. The molecular weight excluding hydrogens is 316 g/mol. The summed E-state index contributed by atoms with van der Waals surface area (Å²) in [6.07, 6.45) is 1.61. The number of alkyl carbamates (subject to hydrolysis) is 1. The summed E-state index contributed by atoms with van der Waals surface area (Å²) < 4.78 is 11.1. The van der Waals surface area contributed by atoms with Crippen LogP contribution in [-0.2, 0) is 22.4 Å². The molecule has 1 saturated carbocycles. The van der Waals surface area contributed by atoms with Crippen molar-refractivity contribution in [2.24, 2.45) is 0 Å². The molecule has 0 radical (unpaired) electrons. The number of hydrogen-bond acceptors (Lipinski definition) is 4. The molecule has 5 nitrogen and oxygen atoms in total. The van der Waals surface area contributed by atoms with Gasteiger partial charge in [-0.25, -0.2) is 4.79 Å². The Labute approximate surface area is 151 Å². The molecule has 0 aromatic heterocycles. The minimum Gasteiger partial charge on any atom is -0.444 e. The van der Waals surface area contributed by atoms with Gasteiger partial charge < -0.3 is 20.1 Å². The molecule has 5 heteroatoms. The number of carbonyl (C=O) groups excluding carboxylic acids is 1. The SMILES string of the molecule is CCOC1CC(NC(=O)OC(C)(C)C)C1NCc1ccc(CC)cc1. The molecule has 1 aliphatic carbocycles. The fraction of sp³-hybridized carbons (Fsp3) is 0.650. The molecule has 0 bridgehead atoms. The summed E-state index contributed by atoms with van der Waals surface area (Å²) in [5.41, 5.74) is 2.08. The Morgan fingerprint density at radius 1 is 1.16 bits per heavy atom. The van der Waals surface area contributed by atoms with Gasteiger partial charge in [0.05, 0.1) is 18.2 Å². The summed E-state index contributed by atoms with van der Waals surface area (Å²) in [6.45, 7) is 11.2. The highest BCUT2D eigenvalue weighted by atomic mass is 16.6. The smallest absolute Gasteiger partial charge is 0.407 e. The predicted molar refractivity (Wildman–Crippen MR) is 99.6 cm³/mol. The second-order valence-corrected chi connectivity index (χ2v) is 7.56. The van der Waals surface area contributed by atoms with Gasteiger partial charge in [0.25, 0.3) is 0 Å². The first-order chi connectivity index (χ1) is 11.8. The third-order valence-electron chi connectivity index (χ3n) is 4.38. The minimum absolute atomic E-state index is 0.0290. The van der Waals surface area contributed by atoms with Crippen LogP contribution in [0.3, 0.4) is 0 Å². The Hall–Kier alpha value is -1.59. The molecule has 1 aliphatic rings. The lowest BCUT2D eigenvalue weighted by Crippen LogP contribution is -2.66. The first-order valence-corrected chi connectivity index (χ1v) is 9.24. The summed E-state index contributed by atoms with van der Waals surface area (Å²) in [5, 5.41) is 6.49. The van der Waals surface area contributed by atoms with Crippen LogP contribution in [-0.4, -0.2) is 36.5 Å². The van der Waals surface area contributed by atoms with Gasteiger partial charge in [-0.15, -0.1) is 0 Å². The van der Waals surface area contributed by atoms with E-state index in [1.165, 1.54) is 11.1 Å². The molecule has 0 aliphatic heterocycles. The molecule has 1 amide bonds. The summed E-state index contributed by atoms with van der Waals surface area (Å²) in [7, 11) is 0. The lowest BCUT2D eigenvalue weighted by atomic mass is 9.82. The van der Waals surface area contributed by atoms with Gasteiger partial charge in [0.2, 0.25) is 0 Å². The van der Waals surface area contributed by atoms with Crippen molar-refractivity contribution < 1.29 is 14.3 Å². The van der Waals surface area contributed by atoms with E-state index in [2.05, 4.69) is 41.8 Å². The van der Waals surface area contributed by atoms with Gasteiger partial charge >= 0.3 is 6.09 Å². The number of ether oxygens (including phenoxy) is 2. The summed E-state index contributed by atoms with van der Waals surface area (Å²) >= 11 is 0. The standard InChI is InChI=1S/C20H32N2O3/c1-6-14-8-10-15(11-9-14)13-21-18-16(12-17(18)24-7-2)22-19(23)25-20(3,4)5/h8-11,16-18,21H,6-7,12-13H2,1-5H3,(H,22,23). The molecule has 0 saturated heterocycles. The zero-order valence-electron chi connectivity index (χ0n) is 16.1. The van der Waals surface area contributed by atoms with Gasteiger partial charge in [0, 0.05) is 13.2 Å². The molecule has 0 spiro atoms. The highest BCUT2D eigenvalue weighted by molar-refractivity contribution is 5.68. The van der Waals surface area contributed by atoms with Gasteiger partial charge in [-0.2, -0.15) is 0 Å². The molecule has 1 aromatic rings. The molecule has 2 N–H and O–H groups in total. The van der Waals surface area contributed by atoms with Crippen molar-refractivity contribution in [3.8, 4) is 0 Å². The van der Waals surface area contributed by atoms with Crippen molar-refractivity contribution in [2.45, 2.75) is 77.8 Å². The molecule has 140 valence electrons. The van der Waals surface area contributed by atoms with Crippen LogP contribution in [0.25, 0.3) is 0 Å². The quantitative estimate of drug-likeness (QED) is 0.793. The minimum atomic E-state index is -0.489. The van der Waals surface area contributed by atoms with Crippen molar-refractivity contribution in [2.75, 3.05) is 6.61 Å². The summed E-state index contributed by atoms with van der Waals surface area (Å²) in [5.74, 6) is 0. The Bertz CT molecular complexity index is 551. The maximum Gasteiger partial charge on any atom is 0.407 e. The van der Waals surface area contributed by atoms with E-state index < -0.39 is 5.60 Å². The zero-order valence-corrected chi connectivity index (χ0v) is 16.1. The second kappa shape index (κ2) is 8.68. The normalized spacial score (nSPS) is 23.0. The van der Waals surface area contributed by atoms with Crippen molar-refractivity contribution in [1.82, 2.24) is 10.6 Å². The highest BCUT2D eigenvalue weighted by Gasteiger charge is 2.42. The van der Waals surface area contributed by atoms with Crippen LogP contribution in [0.15, 0.2) is 24.3 Å². The molecule has 3 atom stereocenters. The molecular formula is C20H32N2O3. The van der Waals surface area contributed by atoms with E-state index >= 15 is 0 Å². The summed E-state index contributed by atoms with van der Waals surface area (Å²) in [4.78, 5) is 12.0. The Kier molecular flexibility index (Phi) is 6.85. The van der Waals surface area contributed by atoms with Crippen LogP contribution in [0, 0.1) is 0 Å². The lowest BCUT2D eigenvalue weighted by Gasteiger charge is -2.45. The van der Waals surface area contributed by atoms with Gasteiger partial charge in [-0.1, -0.05) is 31.2 Å². The van der Waals surface area contributed by atoms with Crippen molar-refractivity contribution in [3.63, 3.8) is 0 Å². The Balaban J connectivity index is 1.89. The predicted octanol–water partition coefficient (Wildman–Crippen LogP) is 3.41. The van der Waals surface area contributed by atoms with Crippen LogP contribution in [0.4, 0.5) is 4.79 Å².